The average molecular weight is 248 g/mol. The Bertz CT molecular complexity index is 430. The van der Waals surface area contributed by atoms with Gasteiger partial charge < -0.3 is 9.53 Å². The van der Waals surface area contributed by atoms with Crippen LogP contribution in [0.2, 0.25) is 0 Å². The molecule has 0 heterocycles. The van der Waals surface area contributed by atoms with Crippen LogP contribution in [-0.2, 0) is 16.0 Å². The smallest absolute Gasteiger partial charge is 0.337 e. The van der Waals surface area contributed by atoms with Crippen LogP contribution in [0.15, 0.2) is 24.3 Å². The molecule has 3 heteroatoms. The fourth-order valence-electron chi connectivity index (χ4n) is 2.17. The predicted molar refractivity (Wildman–Crippen MR) is 70.6 cm³/mol. The summed E-state index contributed by atoms with van der Waals surface area (Å²) >= 11 is 0. The van der Waals surface area contributed by atoms with E-state index in [0.29, 0.717) is 12.0 Å². The highest BCUT2D eigenvalue weighted by Gasteiger charge is 2.20. The van der Waals surface area contributed by atoms with Crippen molar-refractivity contribution in [2.75, 3.05) is 7.11 Å². The molecule has 0 aliphatic rings. The van der Waals surface area contributed by atoms with Crippen LogP contribution in [0.3, 0.4) is 0 Å². The van der Waals surface area contributed by atoms with Gasteiger partial charge in [0, 0.05) is 6.42 Å². The highest BCUT2D eigenvalue weighted by Crippen LogP contribution is 2.26. The maximum absolute atomic E-state index is 11.3. The molecule has 98 valence electrons. The molecule has 0 saturated carbocycles. The summed E-state index contributed by atoms with van der Waals surface area (Å²) in [5, 5.41) is 0. The Morgan fingerprint density at radius 3 is 2.17 bits per heavy atom. The number of esters is 1. The average Bonchev–Trinajstić information content (AvgIpc) is 2.26. The van der Waals surface area contributed by atoms with Crippen LogP contribution >= 0.6 is 0 Å². The minimum atomic E-state index is -0.329. The summed E-state index contributed by atoms with van der Waals surface area (Å²) in [7, 11) is 1.37. The summed E-state index contributed by atoms with van der Waals surface area (Å²) in [5.41, 5.74) is 1.61. The number of carbonyl (C=O) groups excluding carboxylic acids is 2. The van der Waals surface area contributed by atoms with Crippen molar-refractivity contribution in [1.82, 2.24) is 0 Å². The van der Waals surface area contributed by atoms with Crippen molar-refractivity contribution in [3.63, 3.8) is 0 Å². The molecular weight excluding hydrogens is 228 g/mol. The monoisotopic (exact) mass is 248 g/mol. The second-order valence-corrected chi connectivity index (χ2v) is 5.41. The Kier molecular flexibility index (Phi) is 4.65. The van der Waals surface area contributed by atoms with Crippen molar-refractivity contribution in [2.45, 2.75) is 33.6 Å². The van der Waals surface area contributed by atoms with E-state index < -0.39 is 0 Å². The quantitative estimate of drug-likeness (QED) is 0.752. The van der Waals surface area contributed by atoms with E-state index in [1.807, 2.05) is 12.1 Å². The van der Waals surface area contributed by atoms with Gasteiger partial charge >= 0.3 is 5.97 Å². The molecule has 1 rings (SSSR count). The highest BCUT2D eigenvalue weighted by molar-refractivity contribution is 5.89. The zero-order valence-corrected chi connectivity index (χ0v) is 11.4. The summed E-state index contributed by atoms with van der Waals surface area (Å²) in [6, 6.07) is 7.33. The number of methoxy groups -OCH3 is 1. The van der Waals surface area contributed by atoms with Gasteiger partial charge in [-0.2, -0.15) is 0 Å². The molecule has 0 aromatic heterocycles. The predicted octanol–water partition coefficient (Wildman–Crippen LogP) is 3.02. The lowest BCUT2D eigenvalue weighted by Crippen LogP contribution is -2.18. The lowest BCUT2D eigenvalue weighted by molar-refractivity contribution is -0.118. The molecule has 0 fully saturated rings. The van der Waals surface area contributed by atoms with E-state index >= 15 is 0 Å². The molecule has 0 radical (unpaired) electrons. The van der Waals surface area contributed by atoms with Crippen molar-refractivity contribution < 1.29 is 14.3 Å². The molecule has 3 nitrogen and oxygen atoms in total. The van der Waals surface area contributed by atoms with Crippen LogP contribution in [0, 0.1) is 5.41 Å². The van der Waals surface area contributed by atoms with Gasteiger partial charge in [0.1, 0.15) is 5.78 Å². The van der Waals surface area contributed by atoms with E-state index in [0.717, 1.165) is 12.0 Å². The zero-order valence-electron chi connectivity index (χ0n) is 11.4. The maximum atomic E-state index is 11.3. The van der Waals surface area contributed by atoms with Crippen molar-refractivity contribution >= 4 is 11.8 Å². The molecule has 0 unspecified atom stereocenters. The van der Waals surface area contributed by atoms with Gasteiger partial charge in [-0.1, -0.05) is 26.0 Å². The van der Waals surface area contributed by atoms with Gasteiger partial charge in [0.25, 0.3) is 0 Å². The highest BCUT2D eigenvalue weighted by atomic mass is 16.5. The fraction of sp³-hybridized carbons (Fsp3) is 0.467. The van der Waals surface area contributed by atoms with E-state index in [1.54, 1.807) is 19.1 Å². The Balaban J connectivity index is 2.74. The maximum Gasteiger partial charge on any atom is 0.337 e. The molecule has 0 aliphatic carbocycles. The normalized spacial score (nSPS) is 11.1. The summed E-state index contributed by atoms with van der Waals surface area (Å²) in [6.45, 7) is 5.76. The van der Waals surface area contributed by atoms with Gasteiger partial charge in [0.15, 0.2) is 0 Å². The van der Waals surface area contributed by atoms with Crippen LogP contribution in [0.25, 0.3) is 0 Å². The van der Waals surface area contributed by atoms with E-state index in [1.165, 1.54) is 7.11 Å². The second-order valence-electron chi connectivity index (χ2n) is 5.41. The molecule has 0 amide bonds. The molecule has 0 atom stereocenters. The number of hydrogen-bond donors (Lipinski definition) is 0. The number of ether oxygens (including phenoxy) is 1. The second kappa shape index (κ2) is 5.80. The minimum absolute atomic E-state index is 0.0569. The van der Waals surface area contributed by atoms with Gasteiger partial charge in [0.05, 0.1) is 12.7 Å². The first-order valence-corrected chi connectivity index (χ1v) is 6.01. The third-order valence-corrected chi connectivity index (χ3v) is 2.79. The van der Waals surface area contributed by atoms with Crippen LogP contribution in [0.1, 0.15) is 43.1 Å². The molecule has 18 heavy (non-hydrogen) atoms. The minimum Gasteiger partial charge on any atom is -0.465 e. The number of ketones is 1. The first-order valence-electron chi connectivity index (χ1n) is 6.01. The zero-order chi connectivity index (χ0) is 13.8. The third kappa shape index (κ3) is 4.32. The van der Waals surface area contributed by atoms with Crippen molar-refractivity contribution in [3.8, 4) is 0 Å². The molecule has 1 aromatic rings. The van der Waals surface area contributed by atoms with Gasteiger partial charge in [-0.15, -0.1) is 0 Å². The molecule has 0 saturated heterocycles. The number of benzene rings is 1. The van der Waals surface area contributed by atoms with Crippen LogP contribution in [0.5, 0.6) is 0 Å². The summed E-state index contributed by atoms with van der Waals surface area (Å²) in [5.74, 6) is -0.129. The van der Waals surface area contributed by atoms with E-state index in [2.05, 4.69) is 18.6 Å². The van der Waals surface area contributed by atoms with Gasteiger partial charge in [-0.3, -0.25) is 0 Å². The first-order chi connectivity index (χ1) is 8.34. The van der Waals surface area contributed by atoms with Crippen molar-refractivity contribution in [1.29, 1.82) is 0 Å². The van der Waals surface area contributed by atoms with Gasteiger partial charge in [-0.05, 0) is 36.5 Å². The lowest BCUT2D eigenvalue weighted by Gasteiger charge is -2.23. The summed E-state index contributed by atoms with van der Waals surface area (Å²) in [4.78, 5) is 22.5. The number of carbonyl (C=O) groups is 2. The number of Topliss-reactive ketones (excluding diaryl/α,β-unsaturated/α-hetero) is 1. The van der Waals surface area contributed by atoms with Crippen LogP contribution in [0.4, 0.5) is 0 Å². The molecular formula is C15H20O3. The summed E-state index contributed by atoms with van der Waals surface area (Å²) in [6.07, 6.45) is 1.37. The molecule has 0 N–H and O–H groups in total. The molecule has 0 spiro atoms. The van der Waals surface area contributed by atoms with Gasteiger partial charge in [-0.25, -0.2) is 4.79 Å². The van der Waals surface area contributed by atoms with E-state index in [-0.39, 0.29) is 17.2 Å². The van der Waals surface area contributed by atoms with E-state index in [9.17, 15) is 9.59 Å². The fourth-order valence-corrected chi connectivity index (χ4v) is 2.17. The standard InChI is InChI=1S/C15H20O3/c1-11(16)9-15(2,3)10-12-5-7-13(8-6-12)14(17)18-4/h5-8H,9-10H2,1-4H3. The molecule has 0 aliphatic heterocycles. The van der Waals surface area contributed by atoms with E-state index in [4.69, 9.17) is 0 Å². The SMILES string of the molecule is COC(=O)c1ccc(CC(C)(C)CC(C)=O)cc1. The van der Waals surface area contributed by atoms with Crippen molar-refractivity contribution in [2.24, 2.45) is 5.41 Å². The van der Waals surface area contributed by atoms with Crippen LogP contribution < -0.4 is 0 Å². The topological polar surface area (TPSA) is 43.4 Å². The van der Waals surface area contributed by atoms with Crippen molar-refractivity contribution in [3.05, 3.63) is 35.4 Å². The van der Waals surface area contributed by atoms with Crippen LogP contribution in [-0.4, -0.2) is 18.9 Å². The lowest BCUT2D eigenvalue weighted by atomic mass is 9.81. The molecule has 1 aromatic carbocycles. The first kappa shape index (κ1) is 14.4. The number of rotatable bonds is 5. The third-order valence-electron chi connectivity index (χ3n) is 2.79. The summed E-state index contributed by atoms with van der Waals surface area (Å²) < 4.78 is 4.65. The Labute approximate surface area is 108 Å². The van der Waals surface area contributed by atoms with Gasteiger partial charge in [0.2, 0.25) is 0 Å². The largest absolute Gasteiger partial charge is 0.465 e. The Morgan fingerprint density at radius 2 is 1.72 bits per heavy atom. The molecule has 0 bridgehead atoms. The Hall–Kier alpha value is -1.64. The number of hydrogen-bond acceptors (Lipinski definition) is 3. The Morgan fingerprint density at radius 1 is 1.17 bits per heavy atom.